The molecule has 1 fully saturated rings. The lowest BCUT2D eigenvalue weighted by atomic mass is 9.99. The molecule has 0 unspecified atom stereocenters. The number of alkyl halides is 3. The molecular weight excluding hydrogens is 327 g/mol. The number of rotatable bonds is 2. The summed E-state index contributed by atoms with van der Waals surface area (Å²) in [7, 11) is 1.30. The topological polar surface area (TPSA) is 29.5 Å². The monoisotopic (exact) mass is 337 g/mol. The first kappa shape index (κ1) is 14.2. The molecule has 0 bridgehead atoms. The van der Waals surface area contributed by atoms with Gasteiger partial charge in [-0.15, -0.1) is 0 Å². The van der Waals surface area contributed by atoms with Crippen molar-refractivity contribution in [1.82, 2.24) is 0 Å². The van der Waals surface area contributed by atoms with Crippen LogP contribution in [0.15, 0.2) is 22.7 Å². The molecule has 1 aliphatic heterocycles. The fourth-order valence-corrected chi connectivity index (χ4v) is 2.42. The minimum Gasteiger partial charge on any atom is -0.469 e. The molecule has 1 heterocycles. The van der Waals surface area contributed by atoms with Crippen molar-refractivity contribution in [3.8, 4) is 0 Å². The van der Waals surface area contributed by atoms with E-state index in [1.54, 1.807) is 4.90 Å². The molecule has 1 aromatic carbocycles. The highest BCUT2D eigenvalue weighted by Gasteiger charge is 2.36. The molecule has 19 heavy (non-hydrogen) atoms. The first-order valence-corrected chi connectivity index (χ1v) is 6.31. The third-order valence-electron chi connectivity index (χ3n) is 3.03. The van der Waals surface area contributed by atoms with Crippen LogP contribution in [-0.2, 0) is 15.7 Å². The molecule has 0 spiro atoms. The van der Waals surface area contributed by atoms with Crippen molar-refractivity contribution in [1.29, 1.82) is 0 Å². The summed E-state index contributed by atoms with van der Waals surface area (Å²) in [5.41, 5.74) is -0.262. The van der Waals surface area contributed by atoms with Crippen LogP contribution in [-0.4, -0.2) is 26.2 Å². The van der Waals surface area contributed by atoms with Gasteiger partial charge in [0.05, 0.1) is 24.3 Å². The summed E-state index contributed by atoms with van der Waals surface area (Å²) in [4.78, 5) is 13.0. The zero-order valence-corrected chi connectivity index (χ0v) is 11.6. The molecule has 1 aromatic rings. The Morgan fingerprint density at radius 3 is 2.58 bits per heavy atom. The molecule has 104 valence electrons. The number of benzene rings is 1. The molecule has 0 aromatic heterocycles. The van der Waals surface area contributed by atoms with Crippen molar-refractivity contribution in [2.75, 3.05) is 25.1 Å². The highest BCUT2D eigenvalue weighted by atomic mass is 79.9. The quantitative estimate of drug-likeness (QED) is 0.777. The van der Waals surface area contributed by atoms with Crippen molar-refractivity contribution in [2.45, 2.75) is 6.18 Å². The molecule has 0 N–H and O–H groups in total. The second-order valence-electron chi connectivity index (χ2n) is 4.29. The number of anilines is 1. The van der Waals surface area contributed by atoms with Gasteiger partial charge in [0.1, 0.15) is 0 Å². The lowest BCUT2D eigenvalue weighted by molar-refractivity contribution is -0.146. The Kier molecular flexibility index (Phi) is 3.75. The van der Waals surface area contributed by atoms with Crippen LogP contribution in [0.1, 0.15) is 5.56 Å². The average molecular weight is 338 g/mol. The summed E-state index contributed by atoms with van der Waals surface area (Å²) >= 11 is 3.22. The summed E-state index contributed by atoms with van der Waals surface area (Å²) in [6, 6.07) is 3.46. The maximum Gasteiger partial charge on any atom is 0.416 e. The van der Waals surface area contributed by atoms with Gasteiger partial charge in [0.25, 0.3) is 0 Å². The molecule has 1 aliphatic rings. The zero-order chi connectivity index (χ0) is 14.2. The Labute approximate surface area is 116 Å². The molecule has 1 saturated heterocycles. The first-order chi connectivity index (χ1) is 8.82. The van der Waals surface area contributed by atoms with Gasteiger partial charge in [0.2, 0.25) is 0 Å². The van der Waals surface area contributed by atoms with E-state index in [-0.39, 0.29) is 11.9 Å². The Morgan fingerprint density at radius 2 is 2.05 bits per heavy atom. The van der Waals surface area contributed by atoms with Gasteiger partial charge in [0, 0.05) is 17.6 Å². The van der Waals surface area contributed by atoms with E-state index < -0.39 is 11.7 Å². The van der Waals surface area contributed by atoms with Gasteiger partial charge in [-0.05, 0) is 34.1 Å². The van der Waals surface area contributed by atoms with E-state index in [1.165, 1.54) is 13.2 Å². The molecular formula is C12H11BrF3NO2. The van der Waals surface area contributed by atoms with Crippen LogP contribution in [0.2, 0.25) is 0 Å². The standard InChI is InChI=1S/C12H11BrF3NO2/c1-19-11(18)7-5-17(6-7)10-4-8(12(14,15)16)2-3-9(10)13/h2-4,7H,5-6H2,1H3. The van der Waals surface area contributed by atoms with E-state index in [9.17, 15) is 18.0 Å². The van der Waals surface area contributed by atoms with Crippen molar-refractivity contribution >= 4 is 27.6 Å². The van der Waals surface area contributed by atoms with Crippen LogP contribution < -0.4 is 4.90 Å². The minimum absolute atomic E-state index is 0.272. The number of hydrogen-bond donors (Lipinski definition) is 0. The van der Waals surface area contributed by atoms with Crippen LogP contribution in [0.5, 0.6) is 0 Å². The zero-order valence-electron chi connectivity index (χ0n) is 10.00. The third kappa shape index (κ3) is 2.86. The lowest BCUT2D eigenvalue weighted by Gasteiger charge is -2.40. The number of halogens is 4. The summed E-state index contributed by atoms with van der Waals surface area (Å²) in [5, 5.41) is 0. The number of nitrogens with zero attached hydrogens (tertiary/aromatic N) is 1. The SMILES string of the molecule is COC(=O)C1CN(c2cc(C(F)(F)F)ccc2Br)C1. The highest BCUT2D eigenvalue weighted by molar-refractivity contribution is 9.10. The molecule has 0 radical (unpaired) electrons. The first-order valence-electron chi connectivity index (χ1n) is 5.52. The number of esters is 1. The van der Waals surface area contributed by atoms with Crippen LogP contribution in [0.3, 0.4) is 0 Å². The molecule has 0 amide bonds. The van der Waals surface area contributed by atoms with Crippen molar-refractivity contribution in [3.63, 3.8) is 0 Å². The van der Waals surface area contributed by atoms with Gasteiger partial charge >= 0.3 is 12.1 Å². The fraction of sp³-hybridized carbons (Fsp3) is 0.417. The predicted molar refractivity (Wildman–Crippen MR) is 66.9 cm³/mol. The minimum atomic E-state index is -4.37. The summed E-state index contributed by atoms with van der Waals surface area (Å²) < 4.78 is 43.1. The van der Waals surface area contributed by atoms with Gasteiger partial charge in [0.15, 0.2) is 0 Å². The van der Waals surface area contributed by atoms with Crippen LogP contribution in [0, 0.1) is 5.92 Å². The molecule has 3 nitrogen and oxygen atoms in total. The van der Waals surface area contributed by atoms with E-state index in [0.717, 1.165) is 12.1 Å². The normalized spacial score (nSPS) is 16.2. The highest BCUT2D eigenvalue weighted by Crippen LogP contribution is 2.37. The van der Waals surface area contributed by atoms with Crippen LogP contribution >= 0.6 is 15.9 Å². The second kappa shape index (κ2) is 5.03. The van der Waals surface area contributed by atoms with Gasteiger partial charge < -0.3 is 9.64 Å². The van der Waals surface area contributed by atoms with E-state index in [4.69, 9.17) is 0 Å². The van der Waals surface area contributed by atoms with Crippen LogP contribution in [0.4, 0.5) is 18.9 Å². The van der Waals surface area contributed by atoms with Gasteiger partial charge in [-0.2, -0.15) is 13.2 Å². The smallest absolute Gasteiger partial charge is 0.416 e. The molecule has 0 saturated carbocycles. The Hall–Kier alpha value is -1.24. The summed E-state index contributed by atoms with van der Waals surface area (Å²) in [6.07, 6.45) is -4.37. The van der Waals surface area contributed by atoms with Gasteiger partial charge in [-0.1, -0.05) is 0 Å². The largest absolute Gasteiger partial charge is 0.469 e. The number of ether oxygens (including phenoxy) is 1. The average Bonchev–Trinajstić information content (AvgIpc) is 2.27. The molecule has 0 atom stereocenters. The number of hydrogen-bond acceptors (Lipinski definition) is 3. The van der Waals surface area contributed by atoms with Crippen molar-refractivity contribution in [2.24, 2.45) is 5.92 Å². The summed E-state index contributed by atoms with van der Waals surface area (Å²) in [6.45, 7) is 0.735. The predicted octanol–water partition coefficient (Wildman–Crippen LogP) is 3.08. The van der Waals surface area contributed by atoms with E-state index >= 15 is 0 Å². The van der Waals surface area contributed by atoms with Gasteiger partial charge in [-0.25, -0.2) is 0 Å². The Balaban J connectivity index is 2.16. The number of carbonyl (C=O) groups is 1. The van der Waals surface area contributed by atoms with Crippen molar-refractivity contribution < 1.29 is 22.7 Å². The molecule has 7 heteroatoms. The third-order valence-corrected chi connectivity index (χ3v) is 3.70. The van der Waals surface area contributed by atoms with E-state index in [2.05, 4.69) is 20.7 Å². The molecule has 2 rings (SSSR count). The second-order valence-corrected chi connectivity index (χ2v) is 5.14. The van der Waals surface area contributed by atoms with Gasteiger partial charge in [-0.3, -0.25) is 4.79 Å². The molecule has 0 aliphatic carbocycles. The van der Waals surface area contributed by atoms with Crippen LogP contribution in [0.25, 0.3) is 0 Å². The van der Waals surface area contributed by atoms with E-state index in [1.807, 2.05) is 0 Å². The maximum atomic E-state index is 12.6. The number of carbonyl (C=O) groups excluding carboxylic acids is 1. The maximum absolute atomic E-state index is 12.6. The fourth-order valence-electron chi connectivity index (χ4n) is 1.92. The summed E-state index contributed by atoms with van der Waals surface area (Å²) in [5.74, 6) is -0.606. The Morgan fingerprint density at radius 1 is 1.42 bits per heavy atom. The number of methoxy groups -OCH3 is 1. The lowest BCUT2D eigenvalue weighted by Crippen LogP contribution is -2.51. The van der Waals surface area contributed by atoms with Crippen molar-refractivity contribution in [3.05, 3.63) is 28.2 Å². The Bertz CT molecular complexity index is 498. The van der Waals surface area contributed by atoms with E-state index in [0.29, 0.717) is 23.2 Å².